The molecule has 0 aliphatic carbocycles. The summed E-state index contributed by atoms with van der Waals surface area (Å²) in [4.78, 5) is 22.6. The van der Waals surface area contributed by atoms with Crippen molar-refractivity contribution >= 4 is 22.7 Å². The maximum atomic E-state index is 11.3. The number of carbonyl (C=O) groups is 2. The van der Waals surface area contributed by atoms with Crippen LogP contribution in [0.25, 0.3) is 10.8 Å². The third-order valence-corrected chi connectivity index (χ3v) is 2.88. The summed E-state index contributed by atoms with van der Waals surface area (Å²) < 4.78 is 15.6. The lowest BCUT2D eigenvalue weighted by molar-refractivity contribution is -0.133. The predicted molar refractivity (Wildman–Crippen MR) is 77.8 cm³/mol. The first-order chi connectivity index (χ1) is 10.5. The van der Waals surface area contributed by atoms with Gasteiger partial charge in [-0.1, -0.05) is 12.1 Å². The van der Waals surface area contributed by atoms with Crippen LogP contribution >= 0.6 is 0 Å². The van der Waals surface area contributed by atoms with Gasteiger partial charge in [-0.15, -0.1) is 0 Å². The molecular formula is C16H13NO5. The van der Waals surface area contributed by atoms with Crippen LogP contribution in [0.4, 0.5) is 0 Å². The molecule has 2 rings (SSSR count). The van der Waals surface area contributed by atoms with Gasteiger partial charge in [-0.05, 0) is 6.07 Å². The molecule has 22 heavy (non-hydrogen) atoms. The van der Waals surface area contributed by atoms with Gasteiger partial charge in [0.05, 0.1) is 18.7 Å². The highest BCUT2D eigenvalue weighted by Gasteiger charge is 2.19. The molecule has 0 N–H and O–H groups in total. The number of carbonyl (C=O) groups excluding carboxylic acids is 2. The van der Waals surface area contributed by atoms with Crippen molar-refractivity contribution in [1.29, 1.82) is 5.26 Å². The largest absolute Gasteiger partial charge is 0.493 e. The van der Waals surface area contributed by atoms with Crippen molar-refractivity contribution in [3.05, 3.63) is 29.8 Å². The monoisotopic (exact) mass is 299 g/mol. The quantitative estimate of drug-likeness (QED) is 0.639. The van der Waals surface area contributed by atoms with Crippen molar-refractivity contribution in [2.24, 2.45) is 0 Å². The Morgan fingerprint density at radius 3 is 2.32 bits per heavy atom. The van der Waals surface area contributed by atoms with Gasteiger partial charge in [-0.2, -0.15) is 5.26 Å². The fraction of sp³-hybridized carbons (Fsp3) is 0.188. The lowest BCUT2D eigenvalue weighted by Crippen LogP contribution is -2.06. The molecule has 0 saturated heterocycles. The molecule has 0 heterocycles. The number of nitrogens with zero attached hydrogens (tertiary/aromatic N) is 1. The molecule has 2 aromatic rings. The second kappa shape index (κ2) is 6.14. The second-order valence-electron chi connectivity index (χ2n) is 4.43. The lowest BCUT2D eigenvalue weighted by atomic mass is 10.0. The van der Waals surface area contributed by atoms with Crippen LogP contribution in [0.15, 0.2) is 24.3 Å². The Balaban J connectivity index is 2.88. The number of fused-ring (bicyclic) bond motifs is 1. The number of esters is 2. The standard InChI is InChI=1S/C16H13NO5/c1-9(18)21-13-7-14(20-3)16(22-10(2)19)12-6-4-5-11(8-17)15(12)13/h4-7H,1-3H3. The third kappa shape index (κ3) is 2.83. The van der Waals surface area contributed by atoms with E-state index in [4.69, 9.17) is 14.2 Å². The molecule has 0 amide bonds. The summed E-state index contributed by atoms with van der Waals surface area (Å²) in [5, 5.41) is 10.1. The van der Waals surface area contributed by atoms with Gasteiger partial charge in [0.15, 0.2) is 11.5 Å². The summed E-state index contributed by atoms with van der Waals surface area (Å²) >= 11 is 0. The van der Waals surface area contributed by atoms with E-state index in [2.05, 4.69) is 0 Å². The minimum absolute atomic E-state index is 0.174. The van der Waals surface area contributed by atoms with Gasteiger partial charge in [0.1, 0.15) is 5.75 Å². The van der Waals surface area contributed by atoms with Crippen molar-refractivity contribution in [2.45, 2.75) is 13.8 Å². The molecular weight excluding hydrogens is 286 g/mol. The first-order valence-corrected chi connectivity index (χ1v) is 6.38. The van der Waals surface area contributed by atoms with E-state index in [0.29, 0.717) is 16.3 Å². The van der Waals surface area contributed by atoms with E-state index in [1.165, 1.54) is 27.0 Å². The molecule has 0 aliphatic rings. The first-order valence-electron chi connectivity index (χ1n) is 6.38. The Morgan fingerprint density at radius 1 is 1.09 bits per heavy atom. The van der Waals surface area contributed by atoms with Crippen LogP contribution in [0.2, 0.25) is 0 Å². The Kier molecular flexibility index (Phi) is 4.28. The van der Waals surface area contributed by atoms with E-state index in [1.54, 1.807) is 18.2 Å². The lowest BCUT2D eigenvalue weighted by Gasteiger charge is -2.15. The van der Waals surface area contributed by atoms with Crippen LogP contribution in [0, 0.1) is 11.3 Å². The molecule has 6 heteroatoms. The van der Waals surface area contributed by atoms with Gasteiger partial charge in [0.25, 0.3) is 0 Å². The fourth-order valence-corrected chi connectivity index (χ4v) is 2.13. The summed E-state index contributed by atoms with van der Waals surface area (Å²) in [6.45, 7) is 2.52. The first kappa shape index (κ1) is 15.3. The summed E-state index contributed by atoms with van der Waals surface area (Å²) in [5.41, 5.74) is 0.296. The summed E-state index contributed by atoms with van der Waals surface area (Å²) in [6.07, 6.45) is 0. The second-order valence-corrected chi connectivity index (χ2v) is 4.43. The molecule has 6 nitrogen and oxygen atoms in total. The number of hydrogen-bond donors (Lipinski definition) is 0. The summed E-state index contributed by atoms with van der Waals surface area (Å²) in [7, 11) is 1.40. The highest BCUT2D eigenvalue weighted by Crippen LogP contribution is 2.43. The van der Waals surface area contributed by atoms with Crippen LogP contribution < -0.4 is 14.2 Å². The zero-order valence-electron chi connectivity index (χ0n) is 12.3. The number of ether oxygens (including phenoxy) is 3. The van der Waals surface area contributed by atoms with Crippen molar-refractivity contribution < 1.29 is 23.8 Å². The molecule has 0 unspecified atom stereocenters. The van der Waals surface area contributed by atoms with Crippen LogP contribution in [-0.2, 0) is 9.59 Å². The van der Waals surface area contributed by atoms with E-state index in [0.717, 1.165) is 0 Å². The third-order valence-electron chi connectivity index (χ3n) is 2.88. The molecule has 0 atom stereocenters. The van der Waals surface area contributed by atoms with E-state index in [9.17, 15) is 14.9 Å². The van der Waals surface area contributed by atoms with Gasteiger partial charge in [0, 0.05) is 30.7 Å². The minimum Gasteiger partial charge on any atom is -0.493 e. The molecule has 0 bridgehead atoms. The van der Waals surface area contributed by atoms with Gasteiger partial charge >= 0.3 is 11.9 Å². The smallest absolute Gasteiger partial charge is 0.308 e. The molecule has 0 aromatic heterocycles. The van der Waals surface area contributed by atoms with Crippen LogP contribution in [-0.4, -0.2) is 19.0 Å². The van der Waals surface area contributed by atoms with E-state index >= 15 is 0 Å². The molecule has 0 radical (unpaired) electrons. The van der Waals surface area contributed by atoms with Crippen molar-refractivity contribution in [1.82, 2.24) is 0 Å². The Hall–Kier alpha value is -3.07. The van der Waals surface area contributed by atoms with E-state index in [-0.39, 0.29) is 17.2 Å². The Morgan fingerprint density at radius 2 is 1.77 bits per heavy atom. The Labute approximate surface area is 126 Å². The number of hydrogen-bond acceptors (Lipinski definition) is 6. The highest BCUT2D eigenvalue weighted by molar-refractivity contribution is 6.01. The van der Waals surface area contributed by atoms with Crippen LogP contribution in [0.3, 0.4) is 0 Å². The van der Waals surface area contributed by atoms with Crippen molar-refractivity contribution in [2.75, 3.05) is 7.11 Å². The average molecular weight is 299 g/mol. The molecule has 0 saturated carbocycles. The van der Waals surface area contributed by atoms with Crippen molar-refractivity contribution in [3.8, 4) is 23.3 Å². The van der Waals surface area contributed by atoms with E-state index in [1.807, 2.05) is 6.07 Å². The van der Waals surface area contributed by atoms with Gasteiger partial charge in [0.2, 0.25) is 0 Å². The molecule has 2 aromatic carbocycles. The summed E-state index contributed by atoms with van der Waals surface area (Å²) in [6, 6.07) is 8.33. The van der Waals surface area contributed by atoms with Gasteiger partial charge in [-0.25, -0.2) is 0 Å². The number of nitriles is 1. The molecule has 0 spiro atoms. The minimum atomic E-state index is -0.531. The number of methoxy groups -OCH3 is 1. The van der Waals surface area contributed by atoms with Crippen molar-refractivity contribution in [3.63, 3.8) is 0 Å². The maximum absolute atomic E-state index is 11.3. The maximum Gasteiger partial charge on any atom is 0.308 e. The molecule has 112 valence electrons. The topological polar surface area (TPSA) is 85.6 Å². The fourth-order valence-electron chi connectivity index (χ4n) is 2.13. The predicted octanol–water partition coefficient (Wildman–Crippen LogP) is 2.57. The number of rotatable bonds is 3. The average Bonchev–Trinajstić information content (AvgIpc) is 2.47. The highest BCUT2D eigenvalue weighted by atomic mass is 16.6. The zero-order valence-corrected chi connectivity index (χ0v) is 12.3. The van der Waals surface area contributed by atoms with Crippen LogP contribution in [0.1, 0.15) is 19.4 Å². The Bertz CT molecular complexity index is 804. The molecule has 0 fully saturated rings. The van der Waals surface area contributed by atoms with Crippen LogP contribution in [0.5, 0.6) is 17.2 Å². The normalized spacial score (nSPS) is 9.91. The number of benzene rings is 2. The summed E-state index contributed by atoms with van der Waals surface area (Å²) in [5.74, 6) is -0.474. The molecule has 0 aliphatic heterocycles. The SMILES string of the molecule is COc1cc(OC(C)=O)c2c(C#N)cccc2c1OC(C)=O. The zero-order chi connectivity index (χ0) is 16.3. The van der Waals surface area contributed by atoms with Gasteiger partial charge in [-0.3, -0.25) is 9.59 Å². The van der Waals surface area contributed by atoms with Gasteiger partial charge < -0.3 is 14.2 Å². The van der Waals surface area contributed by atoms with E-state index < -0.39 is 11.9 Å².